The molecule has 0 saturated heterocycles. The molecular formula is C15H28O9PS+. The van der Waals surface area contributed by atoms with Crippen molar-refractivity contribution in [2.75, 3.05) is 0 Å². The van der Waals surface area contributed by atoms with E-state index in [1.165, 1.54) is 41.5 Å². The molecule has 0 aromatic heterocycles. The molecule has 0 aliphatic carbocycles. The van der Waals surface area contributed by atoms with Gasteiger partial charge in [0.15, 0.2) is 0 Å². The maximum Gasteiger partial charge on any atom is 0.537 e. The quantitative estimate of drug-likeness (QED) is 0.274. The van der Waals surface area contributed by atoms with Crippen molar-refractivity contribution in [3.05, 3.63) is 0 Å². The van der Waals surface area contributed by atoms with Crippen molar-refractivity contribution < 1.29 is 41.1 Å². The Bertz CT molecular complexity index is 600. The topological polar surface area (TPSA) is 133 Å². The molecule has 0 fully saturated rings. The van der Waals surface area contributed by atoms with Gasteiger partial charge in [0.2, 0.25) is 0 Å². The van der Waals surface area contributed by atoms with Crippen LogP contribution in [0.2, 0.25) is 0 Å². The van der Waals surface area contributed by atoms with Gasteiger partial charge in [-0.3, -0.25) is 14.1 Å². The molecule has 1 N–H and O–H groups in total. The van der Waals surface area contributed by atoms with Crippen molar-refractivity contribution in [2.24, 2.45) is 10.8 Å². The van der Waals surface area contributed by atoms with Gasteiger partial charge < -0.3 is 9.47 Å². The molecule has 2 atom stereocenters. The third-order valence-electron chi connectivity index (χ3n) is 2.94. The summed E-state index contributed by atoms with van der Waals surface area (Å²) in [6, 6.07) is 0. The van der Waals surface area contributed by atoms with E-state index in [1.807, 2.05) is 0 Å². The summed E-state index contributed by atoms with van der Waals surface area (Å²) in [4.78, 5) is 22.3. The maximum absolute atomic E-state index is 12.3. The highest BCUT2D eigenvalue weighted by Gasteiger charge is 2.47. The second kappa shape index (κ2) is 9.21. The average Bonchev–Trinajstić information content (AvgIpc) is 2.40. The van der Waals surface area contributed by atoms with Crippen LogP contribution in [0.25, 0.3) is 0 Å². The van der Waals surface area contributed by atoms with Crippen LogP contribution in [0.5, 0.6) is 0 Å². The number of carbonyl (C=O) groups excluding carboxylic acids is 2. The zero-order valence-electron chi connectivity index (χ0n) is 16.1. The van der Waals surface area contributed by atoms with Crippen LogP contribution in [0, 0.1) is 10.8 Å². The highest BCUT2D eigenvalue weighted by Crippen LogP contribution is 2.38. The van der Waals surface area contributed by atoms with E-state index >= 15 is 0 Å². The Morgan fingerprint density at radius 3 is 1.65 bits per heavy atom. The molecule has 26 heavy (non-hydrogen) atoms. The van der Waals surface area contributed by atoms with Crippen molar-refractivity contribution >= 4 is 30.1 Å². The van der Waals surface area contributed by atoms with Crippen molar-refractivity contribution in [1.29, 1.82) is 0 Å². The second-order valence-electron chi connectivity index (χ2n) is 7.75. The first-order valence-corrected chi connectivity index (χ1v) is 10.8. The average molecular weight is 415 g/mol. The normalized spacial score (nSPS) is 14.7. The maximum atomic E-state index is 12.3. The summed E-state index contributed by atoms with van der Waals surface area (Å²) in [6.45, 7) is 8.85. The molecule has 0 saturated carbocycles. The predicted octanol–water partition coefficient (Wildman–Crippen LogP) is 3.22. The van der Waals surface area contributed by atoms with Gasteiger partial charge in [-0.05, 0) is 46.1 Å². The lowest BCUT2D eigenvalue weighted by atomic mass is 9.97. The van der Waals surface area contributed by atoms with Gasteiger partial charge >= 0.3 is 41.6 Å². The van der Waals surface area contributed by atoms with Gasteiger partial charge in [0.25, 0.3) is 0 Å². The van der Waals surface area contributed by atoms with Crippen LogP contribution in [0.3, 0.4) is 0 Å². The highest BCUT2D eigenvalue weighted by atomic mass is 32.2. The molecular weight excluding hydrogens is 387 g/mol. The van der Waals surface area contributed by atoms with E-state index in [0.717, 1.165) is 0 Å². The minimum absolute atomic E-state index is 0.152. The summed E-state index contributed by atoms with van der Waals surface area (Å²) in [6.07, 6.45) is 0.143. The largest absolute Gasteiger partial charge is 0.537 e. The number of hydrogen-bond acceptors (Lipinski definition) is 8. The molecule has 0 heterocycles. The minimum Gasteiger partial charge on any atom is -0.397 e. The van der Waals surface area contributed by atoms with E-state index < -0.39 is 52.4 Å². The van der Waals surface area contributed by atoms with Gasteiger partial charge in [-0.2, -0.15) is 8.42 Å². The van der Waals surface area contributed by atoms with Crippen LogP contribution in [0.4, 0.5) is 0 Å². The van der Waals surface area contributed by atoms with Crippen molar-refractivity contribution in [3.63, 3.8) is 0 Å². The van der Waals surface area contributed by atoms with Crippen LogP contribution in [0.15, 0.2) is 0 Å². The molecule has 0 radical (unpaired) electrons. The first kappa shape index (κ1) is 24.9. The van der Waals surface area contributed by atoms with Crippen LogP contribution in [-0.2, 0) is 38.3 Å². The molecule has 0 rings (SSSR count). The van der Waals surface area contributed by atoms with E-state index in [4.69, 9.17) is 14.0 Å². The SMILES string of the molecule is CCC[C@@H]([P+](=O)OC(OC(=O)C(C)(C)C)OC(=O)C(C)(C)C)S(=O)(=O)O. The molecule has 0 aliphatic heterocycles. The van der Waals surface area contributed by atoms with Crippen LogP contribution < -0.4 is 0 Å². The second-order valence-corrected chi connectivity index (χ2v) is 11.1. The van der Waals surface area contributed by atoms with Crippen molar-refractivity contribution in [2.45, 2.75) is 72.8 Å². The van der Waals surface area contributed by atoms with E-state index in [-0.39, 0.29) is 6.42 Å². The minimum atomic E-state index is -4.68. The van der Waals surface area contributed by atoms with Gasteiger partial charge in [-0.1, -0.05) is 17.9 Å². The molecule has 152 valence electrons. The molecule has 1 unspecified atom stereocenters. The molecule has 0 aromatic carbocycles. The van der Waals surface area contributed by atoms with Crippen molar-refractivity contribution in [1.82, 2.24) is 0 Å². The highest BCUT2D eigenvalue weighted by molar-refractivity contribution is 7.92. The standard InChI is InChI=1S/C15H27O9PS/c1-8-9-10(26(19,20)21)25(18)24-13(22-11(16)14(2,3)4)23-12(17)15(5,6)7/h10,13H,8-9H2,1-7H3/p+1/t10-/m0/s1. The predicted molar refractivity (Wildman–Crippen MR) is 93.8 cm³/mol. The number of rotatable bonds is 8. The summed E-state index contributed by atoms with van der Waals surface area (Å²) in [5, 5.41) is 0. The Balaban J connectivity index is 5.48. The Hall–Kier alpha value is -1.09. The lowest BCUT2D eigenvalue weighted by Gasteiger charge is -2.23. The van der Waals surface area contributed by atoms with Gasteiger partial charge in [0, 0.05) is 6.42 Å². The Morgan fingerprint density at radius 1 is 1.00 bits per heavy atom. The molecule has 11 heteroatoms. The van der Waals surface area contributed by atoms with E-state index in [0.29, 0.717) is 6.42 Å². The Labute approximate surface area is 155 Å². The van der Waals surface area contributed by atoms with E-state index in [9.17, 15) is 27.1 Å². The van der Waals surface area contributed by atoms with Gasteiger partial charge in [0.1, 0.15) is 0 Å². The van der Waals surface area contributed by atoms with Crippen LogP contribution >= 0.6 is 8.03 Å². The molecule has 0 aliphatic rings. The third kappa shape index (κ3) is 8.53. The molecule has 0 bridgehead atoms. The first-order chi connectivity index (χ1) is 11.5. The number of hydrogen-bond donors (Lipinski definition) is 1. The van der Waals surface area contributed by atoms with Crippen LogP contribution in [-0.4, -0.2) is 36.4 Å². The summed E-state index contributed by atoms with van der Waals surface area (Å²) >= 11 is 0. The Kier molecular flexibility index (Phi) is 8.83. The van der Waals surface area contributed by atoms with Crippen molar-refractivity contribution in [3.8, 4) is 0 Å². The monoisotopic (exact) mass is 415 g/mol. The molecule has 0 amide bonds. The zero-order valence-corrected chi connectivity index (χ0v) is 17.8. The lowest BCUT2D eigenvalue weighted by Crippen LogP contribution is -2.35. The fraction of sp³-hybridized carbons (Fsp3) is 0.867. The summed E-state index contributed by atoms with van der Waals surface area (Å²) in [7, 11) is -7.73. The van der Waals surface area contributed by atoms with Crippen LogP contribution in [0.1, 0.15) is 61.3 Å². The molecule has 0 aromatic rings. The smallest absolute Gasteiger partial charge is 0.397 e. The third-order valence-corrected chi connectivity index (χ3v) is 6.28. The fourth-order valence-electron chi connectivity index (χ4n) is 1.36. The molecule has 0 spiro atoms. The first-order valence-electron chi connectivity index (χ1n) is 8.01. The van der Waals surface area contributed by atoms with E-state index in [1.54, 1.807) is 6.92 Å². The zero-order chi connectivity index (χ0) is 20.9. The number of esters is 2. The number of carbonyl (C=O) groups is 2. The summed E-state index contributed by atoms with van der Waals surface area (Å²) in [5.74, 6) is -1.63. The van der Waals surface area contributed by atoms with E-state index in [2.05, 4.69) is 0 Å². The molecule has 9 nitrogen and oxygen atoms in total. The summed E-state index contributed by atoms with van der Waals surface area (Å²) < 4.78 is 59.0. The Morgan fingerprint density at radius 2 is 1.38 bits per heavy atom. The lowest BCUT2D eigenvalue weighted by molar-refractivity contribution is -0.243. The van der Waals surface area contributed by atoms with Gasteiger partial charge in [0.05, 0.1) is 10.8 Å². The summed E-state index contributed by atoms with van der Waals surface area (Å²) in [5.41, 5.74) is -1.96. The van der Waals surface area contributed by atoms with Gasteiger partial charge in [-0.25, -0.2) is 0 Å². The van der Waals surface area contributed by atoms with Gasteiger partial charge in [-0.15, -0.1) is 0 Å². The number of ether oxygens (including phenoxy) is 2. The fourth-order valence-corrected chi connectivity index (χ4v) is 3.77.